The van der Waals surface area contributed by atoms with Gasteiger partial charge in [-0.15, -0.1) is 0 Å². The fraction of sp³-hybridized carbons (Fsp3) is 0.571. The van der Waals surface area contributed by atoms with Crippen molar-refractivity contribution in [2.45, 2.75) is 71.5 Å². The molecule has 0 aliphatic rings. The van der Waals surface area contributed by atoms with Crippen LogP contribution in [0.25, 0.3) is 11.0 Å². The fourth-order valence-electron chi connectivity index (χ4n) is 4.19. The van der Waals surface area contributed by atoms with Crippen LogP contribution in [0.15, 0.2) is 28.9 Å². The van der Waals surface area contributed by atoms with Gasteiger partial charge in [0.05, 0.1) is 19.3 Å². The lowest BCUT2D eigenvalue weighted by Gasteiger charge is -2.42. The first-order chi connectivity index (χ1) is 12.2. The number of rotatable bonds is 8. The quantitative estimate of drug-likeness (QED) is 0.413. The van der Waals surface area contributed by atoms with Crippen molar-refractivity contribution in [1.29, 1.82) is 0 Å². The van der Waals surface area contributed by atoms with Gasteiger partial charge in [-0.05, 0) is 35.7 Å². The van der Waals surface area contributed by atoms with Crippen molar-refractivity contribution in [3.63, 3.8) is 0 Å². The predicted octanol–water partition coefficient (Wildman–Crippen LogP) is 6.09. The van der Waals surface area contributed by atoms with Gasteiger partial charge in [-0.3, -0.25) is 4.79 Å². The zero-order chi connectivity index (χ0) is 19.5. The molecule has 26 heavy (non-hydrogen) atoms. The van der Waals surface area contributed by atoms with Crippen LogP contribution >= 0.6 is 0 Å². The molecular weight excluding hydrogens is 344 g/mol. The van der Waals surface area contributed by atoms with Crippen LogP contribution in [0.2, 0.25) is 16.6 Å². The van der Waals surface area contributed by atoms with E-state index in [0.717, 1.165) is 22.3 Å². The van der Waals surface area contributed by atoms with Gasteiger partial charge in [-0.1, -0.05) is 41.5 Å². The summed E-state index contributed by atoms with van der Waals surface area (Å²) >= 11 is 0. The average molecular weight is 377 g/mol. The monoisotopic (exact) mass is 376 g/mol. The van der Waals surface area contributed by atoms with E-state index in [9.17, 15) is 4.79 Å². The molecule has 0 N–H and O–H groups in total. The molecule has 0 bridgehead atoms. The Morgan fingerprint density at radius 2 is 1.69 bits per heavy atom. The fourth-order valence-corrected chi connectivity index (χ4v) is 9.43. The van der Waals surface area contributed by atoms with E-state index < -0.39 is 8.32 Å². The summed E-state index contributed by atoms with van der Waals surface area (Å²) in [7, 11) is -2.00. The summed E-state index contributed by atoms with van der Waals surface area (Å²) in [6.45, 7) is 15.8. The van der Waals surface area contributed by atoms with Gasteiger partial charge in [0.2, 0.25) is 0 Å². The Kier molecular flexibility index (Phi) is 6.56. The number of hydrogen-bond donors (Lipinski definition) is 0. The Morgan fingerprint density at radius 1 is 1.08 bits per heavy atom. The molecular formula is C21H32O4Si. The van der Waals surface area contributed by atoms with Crippen molar-refractivity contribution in [2.24, 2.45) is 0 Å². The van der Waals surface area contributed by atoms with Crippen LogP contribution in [0.5, 0.6) is 5.75 Å². The molecule has 144 valence electrons. The Labute approximate surface area is 158 Å². The molecule has 0 saturated carbocycles. The van der Waals surface area contributed by atoms with E-state index in [1.807, 2.05) is 25.1 Å². The summed E-state index contributed by atoms with van der Waals surface area (Å²) in [5.41, 5.74) is 3.13. The number of benzene rings is 1. The van der Waals surface area contributed by atoms with Crippen LogP contribution in [0, 0.1) is 0 Å². The molecule has 2 rings (SSSR count). The van der Waals surface area contributed by atoms with Gasteiger partial charge in [-0.25, -0.2) is 0 Å². The molecule has 1 aromatic heterocycles. The number of carbonyl (C=O) groups excluding carboxylic acids is 1. The van der Waals surface area contributed by atoms with E-state index in [4.69, 9.17) is 13.6 Å². The van der Waals surface area contributed by atoms with Gasteiger partial charge in [0, 0.05) is 17.0 Å². The van der Waals surface area contributed by atoms with Gasteiger partial charge in [0.1, 0.15) is 11.3 Å². The highest BCUT2D eigenvalue weighted by molar-refractivity contribution is 6.78. The van der Waals surface area contributed by atoms with E-state index >= 15 is 0 Å². The van der Waals surface area contributed by atoms with Gasteiger partial charge in [-0.2, -0.15) is 0 Å². The second kappa shape index (κ2) is 8.29. The topological polar surface area (TPSA) is 48.7 Å². The van der Waals surface area contributed by atoms with Crippen molar-refractivity contribution in [3.05, 3.63) is 30.0 Å². The van der Waals surface area contributed by atoms with E-state index in [1.54, 1.807) is 6.26 Å². The number of carbonyl (C=O) groups is 1. The second-order valence-electron chi connectivity index (χ2n) is 7.82. The largest absolute Gasteiger partial charge is 0.543 e. The Bertz CT molecular complexity index is 724. The molecule has 0 fully saturated rings. The predicted molar refractivity (Wildman–Crippen MR) is 108 cm³/mol. The first-order valence-corrected chi connectivity index (χ1v) is 11.7. The van der Waals surface area contributed by atoms with Crippen LogP contribution in [0.4, 0.5) is 0 Å². The van der Waals surface area contributed by atoms with Crippen molar-refractivity contribution in [1.82, 2.24) is 0 Å². The summed E-state index contributed by atoms with van der Waals surface area (Å²) < 4.78 is 17.4. The zero-order valence-electron chi connectivity index (χ0n) is 17.1. The average Bonchev–Trinajstić information content (AvgIpc) is 2.94. The summed E-state index contributed by atoms with van der Waals surface area (Å²) in [6, 6.07) is 5.95. The standard InChI is InChI=1S/C21H32O4Si/c1-8-23-21(22)11-17-13-24-20-12-18(9-10-19(17)20)25-26(14(2)3,15(4)5)16(6)7/h9-10,12-16H,8,11H2,1-7H3. The maximum atomic E-state index is 11.8. The van der Waals surface area contributed by atoms with E-state index in [2.05, 4.69) is 41.5 Å². The van der Waals surface area contributed by atoms with Crippen LogP contribution in [-0.2, 0) is 16.0 Å². The summed E-state index contributed by atoms with van der Waals surface area (Å²) in [5, 5.41) is 0.941. The lowest BCUT2D eigenvalue weighted by atomic mass is 10.1. The molecule has 1 aromatic carbocycles. The van der Waals surface area contributed by atoms with Crippen molar-refractivity contribution in [3.8, 4) is 5.75 Å². The Morgan fingerprint density at radius 3 is 2.23 bits per heavy atom. The highest BCUT2D eigenvalue weighted by Gasteiger charge is 2.47. The minimum Gasteiger partial charge on any atom is -0.543 e. The number of hydrogen-bond acceptors (Lipinski definition) is 4. The lowest BCUT2D eigenvalue weighted by Crippen LogP contribution is -2.50. The van der Waals surface area contributed by atoms with Crippen molar-refractivity contribution in [2.75, 3.05) is 6.61 Å². The molecule has 4 nitrogen and oxygen atoms in total. The Balaban J connectivity index is 2.33. The van der Waals surface area contributed by atoms with Crippen molar-refractivity contribution < 1.29 is 18.4 Å². The second-order valence-corrected chi connectivity index (χ2v) is 13.2. The maximum absolute atomic E-state index is 11.8. The minimum absolute atomic E-state index is 0.226. The third kappa shape index (κ3) is 3.98. The maximum Gasteiger partial charge on any atom is 0.310 e. The molecule has 2 aromatic rings. The molecule has 0 unspecified atom stereocenters. The van der Waals surface area contributed by atoms with Gasteiger partial charge in [0.15, 0.2) is 0 Å². The SMILES string of the molecule is CCOC(=O)Cc1coc2cc(O[Si](C(C)C)(C(C)C)C(C)C)ccc12. The van der Waals surface area contributed by atoms with Crippen LogP contribution < -0.4 is 4.43 Å². The molecule has 5 heteroatoms. The third-order valence-corrected chi connectivity index (χ3v) is 11.3. The van der Waals surface area contributed by atoms with E-state index in [-0.39, 0.29) is 12.4 Å². The van der Waals surface area contributed by atoms with Gasteiger partial charge in [0.25, 0.3) is 8.32 Å². The van der Waals surface area contributed by atoms with E-state index in [1.165, 1.54) is 0 Å². The molecule has 0 saturated heterocycles. The summed E-state index contributed by atoms with van der Waals surface area (Å²) in [6.07, 6.45) is 1.87. The van der Waals surface area contributed by atoms with Gasteiger partial charge >= 0.3 is 5.97 Å². The lowest BCUT2D eigenvalue weighted by molar-refractivity contribution is -0.142. The summed E-state index contributed by atoms with van der Waals surface area (Å²) in [5.74, 6) is 0.624. The number of ether oxygens (including phenoxy) is 1. The van der Waals surface area contributed by atoms with Crippen LogP contribution in [0.1, 0.15) is 54.0 Å². The molecule has 0 atom stereocenters. The minimum atomic E-state index is -2.00. The third-order valence-electron chi connectivity index (χ3n) is 5.27. The first kappa shape index (κ1) is 20.6. The molecule has 0 aliphatic heterocycles. The molecule has 0 spiro atoms. The highest BCUT2D eigenvalue weighted by atomic mass is 28.4. The number of esters is 1. The summed E-state index contributed by atoms with van der Waals surface area (Å²) in [4.78, 5) is 11.8. The van der Waals surface area contributed by atoms with Crippen LogP contribution in [0.3, 0.4) is 0 Å². The van der Waals surface area contributed by atoms with Gasteiger partial charge < -0.3 is 13.6 Å². The zero-order valence-corrected chi connectivity index (χ0v) is 18.1. The highest BCUT2D eigenvalue weighted by Crippen LogP contribution is 2.43. The molecule has 0 aliphatic carbocycles. The molecule has 0 radical (unpaired) electrons. The Hall–Kier alpha value is -1.75. The smallest absolute Gasteiger partial charge is 0.310 e. The van der Waals surface area contributed by atoms with Crippen molar-refractivity contribution >= 4 is 25.3 Å². The normalized spacial score (nSPS) is 12.4. The molecule has 1 heterocycles. The van der Waals surface area contributed by atoms with Crippen LogP contribution in [-0.4, -0.2) is 20.9 Å². The number of furan rings is 1. The number of fused-ring (bicyclic) bond motifs is 1. The first-order valence-electron chi connectivity index (χ1n) is 9.57. The van der Waals surface area contributed by atoms with E-state index in [0.29, 0.717) is 23.2 Å². The molecule has 0 amide bonds.